The molecule has 0 saturated heterocycles. The molecule has 104 valence electrons. The quantitative estimate of drug-likeness (QED) is 0.850. The highest BCUT2D eigenvalue weighted by Gasteiger charge is 2.27. The number of ether oxygens (including phenoxy) is 1. The van der Waals surface area contributed by atoms with E-state index in [1.165, 1.54) is 0 Å². The molecule has 0 bridgehead atoms. The molecule has 1 aliphatic rings. The van der Waals surface area contributed by atoms with Gasteiger partial charge in [0.05, 0.1) is 5.56 Å². The van der Waals surface area contributed by atoms with Crippen LogP contribution < -0.4 is 5.73 Å². The highest BCUT2D eigenvalue weighted by Crippen LogP contribution is 2.31. The summed E-state index contributed by atoms with van der Waals surface area (Å²) in [4.78, 5) is 12.0. The van der Waals surface area contributed by atoms with E-state index >= 15 is 0 Å². The molecule has 3 atom stereocenters. The van der Waals surface area contributed by atoms with Crippen molar-refractivity contribution < 1.29 is 9.53 Å². The number of carbonyl (C=O) groups is 1. The van der Waals surface area contributed by atoms with Crippen LogP contribution in [0.4, 0.5) is 0 Å². The fourth-order valence-electron chi connectivity index (χ4n) is 2.60. The van der Waals surface area contributed by atoms with Crippen LogP contribution in [0.25, 0.3) is 0 Å². The lowest BCUT2D eigenvalue weighted by molar-refractivity contribution is 0.00879. The minimum absolute atomic E-state index is 0.0767. The van der Waals surface area contributed by atoms with E-state index in [2.05, 4.69) is 13.8 Å². The number of hydrogen-bond donors (Lipinski definition) is 1. The van der Waals surface area contributed by atoms with Crippen molar-refractivity contribution in [3.8, 4) is 0 Å². The van der Waals surface area contributed by atoms with Gasteiger partial charge in [-0.1, -0.05) is 26.0 Å². The van der Waals surface area contributed by atoms with Gasteiger partial charge in [-0.05, 0) is 48.8 Å². The van der Waals surface area contributed by atoms with Crippen molar-refractivity contribution >= 4 is 5.97 Å². The van der Waals surface area contributed by atoms with Crippen molar-refractivity contribution in [2.75, 3.05) is 0 Å². The Hall–Kier alpha value is -1.35. The van der Waals surface area contributed by atoms with E-state index < -0.39 is 0 Å². The molecule has 3 nitrogen and oxygen atoms in total. The maximum absolute atomic E-state index is 12.0. The molecule has 1 aromatic rings. The zero-order chi connectivity index (χ0) is 13.8. The van der Waals surface area contributed by atoms with Crippen molar-refractivity contribution in [2.24, 2.45) is 17.6 Å². The second-order valence-electron chi connectivity index (χ2n) is 5.70. The van der Waals surface area contributed by atoms with E-state index in [4.69, 9.17) is 10.5 Å². The molecule has 1 saturated carbocycles. The van der Waals surface area contributed by atoms with Crippen LogP contribution in [0.3, 0.4) is 0 Å². The number of rotatable bonds is 3. The highest BCUT2D eigenvalue weighted by molar-refractivity contribution is 5.89. The maximum Gasteiger partial charge on any atom is 0.338 e. The molecular weight excluding hydrogens is 238 g/mol. The molecule has 19 heavy (non-hydrogen) atoms. The van der Waals surface area contributed by atoms with Gasteiger partial charge in [-0.25, -0.2) is 4.79 Å². The first-order valence-corrected chi connectivity index (χ1v) is 7.10. The van der Waals surface area contributed by atoms with Gasteiger partial charge in [0.15, 0.2) is 0 Å². The normalized spacial score (nSPS) is 27.0. The van der Waals surface area contributed by atoms with E-state index in [9.17, 15) is 4.79 Å². The minimum atomic E-state index is -0.213. The molecule has 3 unspecified atom stereocenters. The van der Waals surface area contributed by atoms with Gasteiger partial charge < -0.3 is 10.5 Å². The highest BCUT2D eigenvalue weighted by atomic mass is 16.5. The van der Waals surface area contributed by atoms with Crippen LogP contribution in [0.15, 0.2) is 24.3 Å². The molecule has 3 heteroatoms. The second-order valence-corrected chi connectivity index (χ2v) is 5.70. The van der Waals surface area contributed by atoms with Gasteiger partial charge >= 0.3 is 5.97 Å². The number of hydrogen-bond acceptors (Lipinski definition) is 3. The van der Waals surface area contributed by atoms with Crippen LogP contribution in [0.2, 0.25) is 0 Å². The first-order chi connectivity index (χ1) is 9.10. The first kappa shape index (κ1) is 14.1. The number of nitrogens with two attached hydrogens (primary N) is 1. The SMILES string of the molecule is CC1CCC(OC(=O)c2ccc(CN)cc2)CC1C. The molecule has 1 fully saturated rings. The average Bonchev–Trinajstić information content (AvgIpc) is 2.43. The molecule has 2 N–H and O–H groups in total. The van der Waals surface area contributed by atoms with Crippen molar-refractivity contribution in [1.82, 2.24) is 0 Å². The summed E-state index contributed by atoms with van der Waals surface area (Å²) in [5.74, 6) is 1.15. The lowest BCUT2D eigenvalue weighted by Crippen LogP contribution is -2.28. The third-order valence-electron chi connectivity index (χ3n) is 4.25. The van der Waals surface area contributed by atoms with Gasteiger partial charge in [0.2, 0.25) is 0 Å². The Labute approximate surface area is 115 Å². The largest absolute Gasteiger partial charge is 0.459 e. The second kappa shape index (κ2) is 6.20. The van der Waals surface area contributed by atoms with Gasteiger partial charge in [0, 0.05) is 6.54 Å². The van der Waals surface area contributed by atoms with Crippen molar-refractivity contribution in [3.05, 3.63) is 35.4 Å². The van der Waals surface area contributed by atoms with Crippen LogP contribution in [-0.4, -0.2) is 12.1 Å². The standard InChI is InChI=1S/C16H23NO2/c1-11-3-8-15(9-12(11)2)19-16(18)14-6-4-13(10-17)5-7-14/h4-7,11-12,15H,3,8-10,17H2,1-2H3. The van der Waals surface area contributed by atoms with Crippen LogP contribution in [-0.2, 0) is 11.3 Å². The molecule has 0 aliphatic heterocycles. The molecule has 0 spiro atoms. The summed E-state index contributed by atoms with van der Waals surface area (Å²) in [7, 11) is 0. The molecule has 1 aromatic carbocycles. The summed E-state index contributed by atoms with van der Waals surface area (Å²) in [5, 5.41) is 0. The lowest BCUT2D eigenvalue weighted by Gasteiger charge is -2.31. The van der Waals surface area contributed by atoms with E-state index in [0.717, 1.165) is 30.7 Å². The van der Waals surface area contributed by atoms with E-state index in [0.29, 0.717) is 18.0 Å². The number of esters is 1. The van der Waals surface area contributed by atoms with Gasteiger partial charge in [0.25, 0.3) is 0 Å². The smallest absolute Gasteiger partial charge is 0.338 e. The van der Waals surface area contributed by atoms with Gasteiger partial charge in [-0.3, -0.25) is 0 Å². The molecule has 0 amide bonds. The Balaban J connectivity index is 1.93. The molecule has 0 heterocycles. The summed E-state index contributed by atoms with van der Waals surface area (Å²) >= 11 is 0. The zero-order valence-corrected chi connectivity index (χ0v) is 11.8. The fourth-order valence-corrected chi connectivity index (χ4v) is 2.60. The summed E-state index contributed by atoms with van der Waals surface area (Å²) in [6.45, 7) is 5.00. The van der Waals surface area contributed by atoms with Gasteiger partial charge in [-0.15, -0.1) is 0 Å². The topological polar surface area (TPSA) is 52.3 Å². The first-order valence-electron chi connectivity index (χ1n) is 7.10. The van der Waals surface area contributed by atoms with Crippen molar-refractivity contribution in [1.29, 1.82) is 0 Å². The van der Waals surface area contributed by atoms with Crippen LogP contribution >= 0.6 is 0 Å². The fraction of sp³-hybridized carbons (Fsp3) is 0.562. The molecule has 2 rings (SSSR count). The van der Waals surface area contributed by atoms with Crippen LogP contribution in [0, 0.1) is 11.8 Å². The molecule has 0 aromatic heterocycles. The third kappa shape index (κ3) is 3.57. The molecule has 1 aliphatic carbocycles. The molecular formula is C16H23NO2. The lowest BCUT2D eigenvalue weighted by atomic mass is 9.80. The summed E-state index contributed by atoms with van der Waals surface area (Å²) in [6, 6.07) is 7.34. The summed E-state index contributed by atoms with van der Waals surface area (Å²) < 4.78 is 5.60. The molecule has 0 radical (unpaired) electrons. The Morgan fingerprint density at radius 3 is 2.47 bits per heavy atom. The van der Waals surface area contributed by atoms with E-state index in [1.54, 1.807) is 12.1 Å². The zero-order valence-electron chi connectivity index (χ0n) is 11.8. The minimum Gasteiger partial charge on any atom is -0.459 e. The average molecular weight is 261 g/mol. The maximum atomic E-state index is 12.0. The van der Waals surface area contributed by atoms with Crippen LogP contribution in [0.1, 0.15) is 49.0 Å². The Morgan fingerprint density at radius 1 is 1.21 bits per heavy atom. The third-order valence-corrected chi connectivity index (χ3v) is 4.25. The van der Waals surface area contributed by atoms with Crippen molar-refractivity contribution in [3.63, 3.8) is 0 Å². The number of carbonyl (C=O) groups excluding carboxylic acids is 1. The summed E-state index contributed by atoms with van der Waals surface area (Å²) in [6.07, 6.45) is 3.19. The monoisotopic (exact) mass is 261 g/mol. The van der Waals surface area contributed by atoms with Crippen molar-refractivity contribution in [2.45, 2.75) is 45.8 Å². The Morgan fingerprint density at radius 2 is 1.89 bits per heavy atom. The number of benzene rings is 1. The van der Waals surface area contributed by atoms with Gasteiger partial charge in [-0.2, -0.15) is 0 Å². The summed E-state index contributed by atoms with van der Waals surface area (Å²) in [5.41, 5.74) is 7.18. The Bertz CT molecular complexity index is 427. The van der Waals surface area contributed by atoms with Gasteiger partial charge in [0.1, 0.15) is 6.10 Å². The Kier molecular flexibility index (Phi) is 4.59. The van der Waals surface area contributed by atoms with Crippen LogP contribution in [0.5, 0.6) is 0 Å². The predicted octanol–water partition coefficient (Wildman–Crippen LogP) is 3.13. The van der Waals surface area contributed by atoms with E-state index in [1.807, 2.05) is 12.1 Å². The van der Waals surface area contributed by atoms with E-state index in [-0.39, 0.29) is 12.1 Å². The predicted molar refractivity (Wildman–Crippen MR) is 75.7 cm³/mol.